The van der Waals surface area contributed by atoms with E-state index < -0.39 is 21.9 Å². The van der Waals surface area contributed by atoms with Crippen LogP contribution in [0.5, 0.6) is 0 Å². The van der Waals surface area contributed by atoms with Crippen molar-refractivity contribution in [3.63, 3.8) is 0 Å². The van der Waals surface area contributed by atoms with Gasteiger partial charge in [0, 0.05) is 23.0 Å². The average Bonchev–Trinajstić information content (AvgIpc) is 3.55. The van der Waals surface area contributed by atoms with E-state index in [0.717, 1.165) is 16.7 Å². The Balaban J connectivity index is 1.49. The first kappa shape index (κ1) is 32.0. The topological polar surface area (TPSA) is 97.1 Å². The van der Waals surface area contributed by atoms with E-state index in [1.807, 2.05) is 62.4 Å². The first-order valence-electron chi connectivity index (χ1n) is 14.4. The maximum Gasteiger partial charge on any atom is 0.340 e. The summed E-state index contributed by atoms with van der Waals surface area (Å²) in [6, 6.07) is 24.2. The molecule has 0 N–H and O–H groups in total. The van der Waals surface area contributed by atoms with Crippen LogP contribution in [-0.4, -0.2) is 31.2 Å². The molecule has 0 bridgehead atoms. The molecule has 0 radical (unpaired) electrons. The zero-order chi connectivity index (χ0) is 32.3. The molecule has 45 heavy (non-hydrogen) atoms. The molecule has 0 unspecified atom stereocenters. The number of allylic oxidation sites excluding steroid dienone is 1. The van der Waals surface area contributed by atoms with Gasteiger partial charge in [-0.2, -0.15) is 4.31 Å². The lowest BCUT2D eigenvalue weighted by Crippen LogP contribution is -2.30. The third-order valence-corrected chi connectivity index (χ3v) is 9.64. The molecular weight excluding hydrogens is 612 g/mol. The Bertz CT molecular complexity index is 1910. The number of benzene rings is 3. The summed E-state index contributed by atoms with van der Waals surface area (Å²) in [6.45, 7) is 7.51. The van der Waals surface area contributed by atoms with Gasteiger partial charge in [0.05, 0.1) is 29.2 Å². The van der Waals surface area contributed by atoms with Crippen molar-refractivity contribution in [3.8, 4) is 0 Å². The van der Waals surface area contributed by atoms with Crippen molar-refractivity contribution in [1.82, 2.24) is 4.31 Å². The Morgan fingerprint density at radius 2 is 1.64 bits per heavy atom. The minimum atomic E-state index is -3.94. The van der Waals surface area contributed by atoms with Gasteiger partial charge in [-0.3, -0.25) is 9.69 Å². The average molecular weight is 645 g/mol. The minimum absolute atomic E-state index is 0.0780. The fraction of sp³-hybridized carbons (Fsp3) is 0.200. The SMILES string of the molecule is CCOC(=O)C1=C(C)N(c2ccc(C)c(C)c2)C(=O)/C1=C/c1ccc(CN(Cc2ccccc2)S(=O)(=O)c2ccc(Cl)cc2)o1. The van der Waals surface area contributed by atoms with Crippen LogP contribution in [0.4, 0.5) is 5.69 Å². The van der Waals surface area contributed by atoms with Gasteiger partial charge in [-0.25, -0.2) is 13.2 Å². The maximum absolute atomic E-state index is 13.8. The third-order valence-electron chi connectivity index (χ3n) is 7.58. The molecule has 5 rings (SSSR count). The molecular formula is C35H33ClN2O6S. The Morgan fingerprint density at radius 1 is 0.933 bits per heavy atom. The standard InChI is InChI=1S/C35H33ClN2O6S/c1-5-43-35(40)33-25(4)38(28-14-11-23(2)24(3)19-28)34(39)32(33)20-29-15-16-30(44-29)22-37(21-26-9-7-6-8-10-26)45(41,42)31-17-12-27(36)13-18-31/h6-20H,5,21-22H2,1-4H3/b32-20+. The van der Waals surface area contributed by atoms with Crippen molar-refractivity contribution in [3.05, 3.63) is 135 Å². The number of furan rings is 1. The highest BCUT2D eigenvalue weighted by Crippen LogP contribution is 2.36. The summed E-state index contributed by atoms with van der Waals surface area (Å²) in [7, 11) is -3.94. The molecule has 3 aromatic carbocycles. The predicted molar refractivity (Wildman–Crippen MR) is 174 cm³/mol. The van der Waals surface area contributed by atoms with E-state index in [1.54, 1.807) is 26.0 Å². The maximum atomic E-state index is 13.8. The molecule has 1 aliphatic heterocycles. The van der Waals surface area contributed by atoms with Crippen molar-refractivity contribution < 1.29 is 27.2 Å². The summed E-state index contributed by atoms with van der Waals surface area (Å²) < 4.78 is 40.2. The quantitative estimate of drug-likeness (QED) is 0.134. The molecule has 0 saturated carbocycles. The van der Waals surface area contributed by atoms with Crippen LogP contribution in [-0.2, 0) is 37.4 Å². The number of carbonyl (C=O) groups is 2. The number of ether oxygens (including phenoxy) is 1. The molecule has 2 heterocycles. The monoisotopic (exact) mass is 644 g/mol. The number of halogens is 1. The van der Waals surface area contributed by atoms with Crippen LogP contribution in [0.3, 0.4) is 0 Å². The van der Waals surface area contributed by atoms with Crippen LogP contribution >= 0.6 is 11.6 Å². The van der Waals surface area contributed by atoms with Gasteiger partial charge in [-0.15, -0.1) is 0 Å². The van der Waals surface area contributed by atoms with E-state index in [-0.39, 0.29) is 41.5 Å². The summed E-state index contributed by atoms with van der Waals surface area (Å²) in [6.07, 6.45) is 1.50. The number of aryl methyl sites for hydroxylation is 2. The summed E-state index contributed by atoms with van der Waals surface area (Å²) >= 11 is 6.01. The Morgan fingerprint density at radius 3 is 2.31 bits per heavy atom. The number of hydrogen-bond donors (Lipinski definition) is 0. The first-order chi connectivity index (χ1) is 21.5. The van der Waals surface area contributed by atoms with Crippen LogP contribution in [0, 0.1) is 13.8 Å². The summed E-state index contributed by atoms with van der Waals surface area (Å²) in [5.41, 5.74) is 4.24. The highest BCUT2D eigenvalue weighted by molar-refractivity contribution is 7.89. The highest BCUT2D eigenvalue weighted by atomic mass is 35.5. The second-order valence-electron chi connectivity index (χ2n) is 10.7. The lowest BCUT2D eigenvalue weighted by molar-refractivity contribution is -0.138. The van der Waals surface area contributed by atoms with Crippen LogP contribution < -0.4 is 4.90 Å². The molecule has 1 amide bonds. The Labute approximate surface area is 268 Å². The number of amides is 1. The number of sulfonamides is 1. The number of nitrogens with zero attached hydrogens (tertiary/aromatic N) is 2. The van der Waals surface area contributed by atoms with Gasteiger partial charge in [0.2, 0.25) is 10.0 Å². The van der Waals surface area contributed by atoms with Gasteiger partial charge in [0.25, 0.3) is 5.91 Å². The largest absolute Gasteiger partial charge is 0.462 e. The van der Waals surface area contributed by atoms with Crippen molar-refractivity contribution in [2.45, 2.75) is 45.7 Å². The summed E-state index contributed by atoms with van der Waals surface area (Å²) in [5, 5.41) is 0.427. The second-order valence-corrected chi connectivity index (χ2v) is 13.0. The van der Waals surface area contributed by atoms with Crippen molar-refractivity contribution >= 4 is 45.3 Å². The Hall–Kier alpha value is -4.44. The molecule has 232 valence electrons. The smallest absolute Gasteiger partial charge is 0.340 e. The zero-order valence-electron chi connectivity index (χ0n) is 25.4. The van der Waals surface area contributed by atoms with Crippen LogP contribution in [0.25, 0.3) is 6.08 Å². The number of carbonyl (C=O) groups excluding carboxylic acids is 2. The van der Waals surface area contributed by atoms with E-state index >= 15 is 0 Å². The van der Waals surface area contributed by atoms with Crippen LogP contribution in [0.1, 0.15) is 42.1 Å². The zero-order valence-corrected chi connectivity index (χ0v) is 27.0. The van der Waals surface area contributed by atoms with E-state index in [9.17, 15) is 18.0 Å². The minimum Gasteiger partial charge on any atom is -0.462 e. The second kappa shape index (κ2) is 13.3. The van der Waals surface area contributed by atoms with Gasteiger partial charge >= 0.3 is 5.97 Å². The molecule has 0 fully saturated rings. The molecule has 4 aromatic rings. The van der Waals surface area contributed by atoms with Gasteiger partial charge in [-0.1, -0.05) is 48.0 Å². The predicted octanol–water partition coefficient (Wildman–Crippen LogP) is 7.21. The Kier molecular flexibility index (Phi) is 9.43. The molecule has 1 aromatic heterocycles. The molecule has 10 heteroatoms. The lowest BCUT2D eigenvalue weighted by atomic mass is 10.1. The van der Waals surface area contributed by atoms with Gasteiger partial charge in [-0.05, 0) is 99.0 Å². The fourth-order valence-corrected chi connectivity index (χ4v) is 6.62. The van der Waals surface area contributed by atoms with Crippen molar-refractivity contribution in [1.29, 1.82) is 0 Å². The van der Waals surface area contributed by atoms with Crippen molar-refractivity contribution in [2.75, 3.05) is 11.5 Å². The number of hydrogen-bond acceptors (Lipinski definition) is 6. The van der Waals surface area contributed by atoms with Gasteiger partial charge < -0.3 is 9.15 Å². The molecule has 8 nitrogen and oxygen atoms in total. The van der Waals surface area contributed by atoms with E-state index in [0.29, 0.717) is 22.2 Å². The van der Waals surface area contributed by atoms with Crippen molar-refractivity contribution in [2.24, 2.45) is 0 Å². The summed E-state index contributed by atoms with van der Waals surface area (Å²) in [5.74, 6) is -0.373. The van der Waals surface area contributed by atoms with E-state index in [2.05, 4.69) is 0 Å². The van der Waals surface area contributed by atoms with Crippen LogP contribution in [0.15, 0.2) is 111 Å². The highest BCUT2D eigenvalue weighted by Gasteiger charge is 2.38. The van der Waals surface area contributed by atoms with Gasteiger partial charge in [0.1, 0.15) is 11.5 Å². The lowest BCUT2D eigenvalue weighted by Gasteiger charge is -2.21. The summed E-state index contributed by atoms with van der Waals surface area (Å²) in [4.78, 5) is 28.5. The molecule has 1 aliphatic rings. The molecule has 0 spiro atoms. The number of anilines is 1. The number of esters is 1. The molecule has 0 saturated heterocycles. The van der Waals surface area contributed by atoms with Gasteiger partial charge in [0.15, 0.2) is 0 Å². The first-order valence-corrected chi connectivity index (χ1v) is 16.2. The fourth-order valence-electron chi connectivity index (χ4n) is 5.10. The van der Waals surface area contributed by atoms with E-state index in [1.165, 1.54) is 39.5 Å². The molecule has 0 atom stereocenters. The van der Waals surface area contributed by atoms with E-state index in [4.69, 9.17) is 20.8 Å². The third kappa shape index (κ3) is 6.81. The number of rotatable bonds is 10. The molecule has 0 aliphatic carbocycles. The van der Waals surface area contributed by atoms with Crippen LogP contribution in [0.2, 0.25) is 5.02 Å². The normalized spacial score (nSPS) is 14.6.